The molecule has 0 unspecified atom stereocenters. The summed E-state index contributed by atoms with van der Waals surface area (Å²) in [7, 11) is 1.40. The zero-order valence-corrected chi connectivity index (χ0v) is 21.1. The minimum absolute atomic E-state index is 0.0256. The van der Waals surface area contributed by atoms with Crippen LogP contribution in [0.2, 0.25) is 0 Å². The van der Waals surface area contributed by atoms with Gasteiger partial charge in [-0.1, -0.05) is 0 Å². The van der Waals surface area contributed by atoms with Crippen molar-refractivity contribution in [2.45, 2.75) is 77.2 Å². The van der Waals surface area contributed by atoms with Gasteiger partial charge >= 0.3 is 12.2 Å². The van der Waals surface area contributed by atoms with Gasteiger partial charge in [-0.15, -0.1) is 0 Å². The summed E-state index contributed by atoms with van der Waals surface area (Å²) in [4.78, 5) is 28.4. The molecule has 0 bridgehead atoms. The highest BCUT2D eigenvalue weighted by Crippen LogP contribution is 2.45. The fourth-order valence-corrected chi connectivity index (χ4v) is 4.71. The molecule has 1 saturated heterocycles. The third-order valence-corrected chi connectivity index (χ3v) is 6.74. The molecule has 1 aliphatic carbocycles. The monoisotopic (exact) mass is 482 g/mol. The van der Waals surface area contributed by atoms with Crippen LogP contribution in [0.1, 0.15) is 58.6 Å². The third kappa shape index (κ3) is 4.68. The van der Waals surface area contributed by atoms with Crippen LogP contribution in [0.4, 0.5) is 15.3 Å². The van der Waals surface area contributed by atoms with Crippen LogP contribution in [0, 0.1) is 0 Å². The molecule has 188 valence electrons. The quantitative estimate of drug-likeness (QED) is 0.623. The minimum Gasteiger partial charge on any atom is -0.486 e. The number of methoxy groups -OCH3 is 1. The van der Waals surface area contributed by atoms with E-state index in [9.17, 15) is 9.59 Å². The van der Waals surface area contributed by atoms with E-state index in [-0.39, 0.29) is 24.3 Å². The van der Waals surface area contributed by atoms with Gasteiger partial charge in [0.25, 0.3) is 0 Å². The van der Waals surface area contributed by atoms with Crippen molar-refractivity contribution in [2.24, 2.45) is 0 Å². The number of ether oxygens (including phenoxy) is 3. The lowest BCUT2D eigenvalue weighted by molar-refractivity contribution is -0.0222. The summed E-state index contributed by atoms with van der Waals surface area (Å²) in [6.07, 6.45) is 6.99. The summed E-state index contributed by atoms with van der Waals surface area (Å²) in [5.41, 5.74) is 3.20. The maximum atomic E-state index is 12.6. The molecule has 35 heavy (non-hydrogen) atoms. The van der Waals surface area contributed by atoms with Gasteiger partial charge in [-0.2, -0.15) is 5.10 Å². The second-order valence-electron chi connectivity index (χ2n) is 10.7. The second-order valence-corrected chi connectivity index (χ2v) is 10.7. The molecule has 2 aliphatic heterocycles. The molecule has 1 aromatic heterocycles. The number of hydrogen-bond acceptors (Lipinski definition) is 6. The Bertz CT molecular complexity index is 1130. The van der Waals surface area contributed by atoms with Crippen molar-refractivity contribution in [3.8, 4) is 16.9 Å². The summed E-state index contributed by atoms with van der Waals surface area (Å²) < 4.78 is 19.1. The largest absolute Gasteiger partial charge is 0.486 e. The van der Waals surface area contributed by atoms with Gasteiger partial charge in [0.05, 0.1) is 38.1 Å². The summed E-state index contributed by atoms with van der Waals surface area (Å²) in [6.45, 7) is 8.51. The number of likely N-dealkylation sites (tertiary alicyclic amines) is 1. The van der Waals surface area contributed by atoms with Crippen LogP contribution in [-0.2, 0) is 15.9 Å². The van der Waals surface area contributed by atoms with Gasteiger partial charge in [0, 0.05) is 28.9 Å². The Morgan fingerprint density at radius 2 is 1.83 bits per heavy atom. The van der Waals surface area contributed by atoms with E-state index in [2.05, 4.69) is 11.3 Å². The zero-order chi connectivity index (χ0) is 24.9. The van der Waals surface area contributed by atoms with Crippen LogP contribution in [0.3, 0.4) is 0 Å². The van der Waals surface area contributed by atoms with Crippen LogP contribution in [0.5, 0.6) is 5.75 Å². The second kappa shape index (κ2) is 8.77. The zero-order valence-electron chi connectivity index (χ0n) is 21.1. The van der Waals surface area contributed by atoms with Crippen LogP contribution < -0.4 is 9.64 Å². The number of nitrogens with zero attached hydrogens (tertiary/aromatic N) is 4. The molecule has 2 aromatic rings. The molecule has 1 atom stereocenters. The predicted octanol–water partition coefficient (Wildman–Crippen LogP) is 4.79. The fourth-order valence-electron chi connectivity index (χ4n) is 4.71. The van der Waals surface area contributed by atoms with Crippen molar-refractivity contribution < 1.29 is 23.8 Å². The number of rotatable bonds is 4. The van der Waals surface area contributed by atoms with Crippen molar-refractivity contribution in [1.29, 1.82) is 0 Å². The lowest BCUT2D eigenvalue weighted by atomic mass is 9.92. The van der Waals surface area contributed by atoms with Crippen LogP contribution >= 0.6 is 0 Å². The van der Waals surface area contributed by atoms with Crippen molar-refractivity contribution in [1.82, 2.24) is 14.7 Å². The van der Waals surface area contributed by atoms with Gasteiger partial charge < -0.3 is 19.1 Å². The van der Waals surface area contributed by atoms with Crippen LogP contribution in [0.15, 0.2) is 24.5 Å². The van der Waals surface area contributed by atoms with Gasteiger partial charge in [-0.25, -0.2) is 9.59 Å². The summed E-state index contributed by atoms with van der Waals surface area (Å²) in [5.74, 6) is 0.757. The maximum Gasteiger partial charge on any atom is 0.414 e. The summed E-state index contributed by atoms with van der Waals surface area (Å²) in [5, 5.41) is 4.57. The molecule has 1 saturated carbocycles. The first-order chi connectivity index (χ1) is 16.6. The number of amides is 2. The average molecular weight is 483 g/mol. The molecular formula is C26H34N4O5. The van der Waals surface area contributed by atoms with E-state index in [0.29, 0.717) is 19.1 Å². The number of carbonyl (C=O) groups is 2. The van der Waals surface area contributed by atoms with Gasteiger partial charge in [-0.3, -0.25) is 9.58 Å². The fraction of sp³-hybridized carbons (Fsp3) is 0.577. The molecule has 3 heterocycles. The first-order valence-electron chi connectivity index (χ1n) is 12.4. The van der Waals surface area contributed by atoms with E-state index in [1.165, 1.54) is 7.11 Å². The molecule has 2 amide bonds. The Hall–Kier alpha value is -3.23. The van der Waals surface area contributed by atoms with Gasteiger partial charge in [0.1, 0.15) is 17.5 Å². The highest BCUT2D eigenvalue weighted by molar-refractivity contribution is 5.92. The highest BCUT2D eigenvalue weighted by atomic mass is 16.6. The molecular weight excluding hydrogens is 448 g/mol. The maximum absolute atomic E-state index is 12.6. The van der Waals surface area contributed by atoms with Crippen molar-refractivity contribution in [3.63, 3.8) is 0 Å². The number of hydrogen-bond donors (Lipinski definition) is 0. The minimum atomic E-state index is -0.537. The molecule has 9 heteroatoms. The molecule has 5 rings (SSSR count). The molecule has 0 N–H and O–H groups in total. The SMILES string of the molecule is COC(=O)N1c2ccc(-c3cnn(C4CC4)c3)c(OC3CN(C(=O)OC(C)(C)C)C3)c2CC[C@@H]1C. The molecule has 0 radical (unpaired) electrons. The summed E-state index contributed by atoms with van der Waals surface area (Å²) in [6, 6.07) is 4.49. The third-order valence-electron chi connectivity index (χ3n) is 6.74. The smallest absolute Gasteiger partial charge is 0.414 e. The lowest BCUT2D eigenvalue weighted by Gasteiger charge is -2.41. The Morgan fingerprint density at radius 3 is 2.49 bits per heavy atom. The molecule has 2 fully saturated rings. The van der Waals surface area contributed by atoms with Gasteiger partial charge in [-0.05, 0) is 65.5 Å². The van der Waals surface area contributed by atoms with Crippen molar-refractivity contribution in [2.75, 3.05) is 25.1 Å². The van der Waals surface area contributed by atoms with Gasteiger partial charge in [0.15, 0.2) is 0 Å². The first kappa shape index (κ1) is 23.5. The Labute approximate surface area is 205 Å². The molecule has 9 nitrogen and oxygen atoms in total. The highest BCUT2D eigenvalue weighted by Gasteiger charge is 2.38. The Morgan fingerprint density at radius 1 is 1.09 bits per heavy atom. The first-order valence-corrected chi connectivity index (χ1v) is 12.4. The van der Waals surface area contributed by atoms with E-state index in [0.717, 1.165) is 53.8 Å². The van der Waals surface area contributed by atoms with Gasteiger partial charge in [0.2, 0.25) is 0 Å². The van der Waals surface area contributed by atoms with Crippen molar-refractivity contribution in [3.05, 3.63) is 30.1 Å². The standard InChI is InChI=1S/C26H34N4O5/c1-16-6-9-21-22(30(16)25(32)33-5)11-10-20(17-12-27-29(13-17)18-7-8-18)23(21)34-19-14-28(15-19)24(31)35-26(2,3)4/h10-13,16,18-19H,6-9,14-15H2,1-5H3/t16-/m0/s1. The predicted molar refractivity (Wildman–Crippen MR) is 131 cm³/mol. The van der Waals surface area contributed by atoms with E-state index in [1.807, 2.05) is 50.7 Å². The Balaban J connectivity index is 1.45. The van der Waals surface area contributed by atoms with Crippen LogP contribution in [0.25, 0.3) is 11.1 Å². The van der Waals surface area contributed by atoms with E-state index < -0.39 is 5.60 Å². The topological polar surface area (TPSA) is 86.1 Å². The van der Waals surface area contributed by atoms with E-state index in [1.54, 1.807) is 9.80 Å². The number of benzene rings is 1. The lowest BCUT2D eigenvalue weighted by Crippen LogP contribution is -2.57. The van der Waals surface area contributed by atoms with E-state index >= 15 is 0 Å². The molecule has 1 aromatic carbocycles. The number of aromatic nitrogens is 2. The number of anilines is 1. The summed E-state index contributed by atoms with van der Waals surface area (Å²) >= 11 is 0. The van der Waals surface area contributed by atoms with E-state index in [4.69, 9.17) is 14.2 Å². The normalized spacial score (nSPS) is 20.2. The molecule has 3 aliphatic rings. The number of carbonyl (C=O) groups excluding carboxylic acids is 2. The number of fused-ring (bicyclic) bond motifs is 1. The Kier molecular flexibility index (Phi) is 5.89. The van der Waals surface area contributed by atoms with Crippen LogP contribution in [-0.4, -0.2) is 64.8 Å². The van der Waals surface area contributed by atoms with Crippen molar-refractivity contribution >= 4 is 17.9 Å². The average Bonchev–Trinajstić information content (AvgIpc) is 3.50. The molecule has 0 spiro atoms.